The van der Waals surface area contributed by atoms with Gasteiger partial charge in [0.05, 0.1) is 0 Å². The van der Waals surface area contributed by atoms with Crippen LogP contribution in [-0.2, 0) is 4.79 Å². The summed E-state index contributed by atoms with van der Waals surface area (Å²) in [7, 11) is 0. The second-order valence-corrected chi connectivity index (χ2v) is 1.89. The van der Waals surface area contributed by atoms with Gasteiger partial charge < -0.3 is 11.1 Å². The first kappa shape index (κ1) is 8.43. The van der Waals surface area contributed by atoms with Crippen molar-refractivity contribution in [1.82, 2.24) is 5.32 Å². The molecule has 0 saturated heterocycles. The Morgan fingerprint density at radius 3 is 2.78 bits per heavy atom. The summed E-state index contributed by atoms with van der Waals surface area (Å²) in [5, 5.41) is 2.67. The van der Waals surface area contributed by atoms with Crippen molar-refractivity contribution in [2.75, 3.05) is 13.1 Å². The Morgan fingerprint density at radius 2 is 2.33 bits per heavy atom. The summed E-state index contributed by atoms with van der Waals surface area (Å²) in [6, 6.07) is 0. The van der Waals surface area contributed by atoms with Gasteiger partial charge >= 0.3 is 0 Å². The number of hydrogen-bond donors (Lipinski definition) is 2. The van der Waals surface area contributed by atoms with E-state index in [2.05, 4.69) is 5.32 Å². The van der Waals surface area contributed by atoms with Crippen molar-refractivity contribution >= 4 is 5.91 Å². The minimum atomic E-state index is 0.1000. The third-order valence-electron chi connectivity index (χ3n) is 0.944. The van der Waals surface area contributed by atoms with E-state index in [0.29, 0.717) is 19.5 Å². The van der Waals surface area contributed by atoms with Crippen molar-refractivity contribution in [3.8, 4) is 0 Å². The van der Waals surface area contributed by atoms with Crippen LogP contribution >= 0.6 is 0 Å². The largest absolute Gasteiger partial charge is 0.355 e. The van der Waals surface area contributed by atoms with Gasteiger partial charge in [-0.2, -0.15) is 0 Å². The van der Waals surface area contributed by atoms with Gasteiger partial charge in [-0.1, -0.05) is 6.92 Å². The summed E-state index contributed by atoms with van der Waals surface area (Å²) < 4.78 is 0. The van der Waals surface area contributed by atoms with Crippen LogP contribution in [-0.4, -0.2) is 19.0 Å². The quantitative estimate of drug-likeness (QED) is 0.556. The fraction of sp³-hybridized carbons (Fsp3) is 0.833. The Bertz CT molecular complexity index is 83.1. The first-order chi connectivity index (χ1) is 4.31. The monoisotopic (exact) mass is 130 g/mol. The molecular formula is C6H14N2O. The molecule has 0 bridgehead atoms. The topological polar surface area (TPSA) is 55.1 Å². The summed E-state index contributed by atoms with van der Waals surface area (Å²) in [4.78, 5) is 10.6. The van der Waals surface area contributed by atoms with Gasteiger partial charge in [0.2, 0.25) is 5.91 Å². The van der Waals surface area contributed by atoms with Crippen LogP contribution < -0.4 is 11.1 Å². The molecule has 0 rings (SSSR count). The molecule has 0 saturated carbocycles. The molecule has 0 fully saturated rings. The zero-order valence-electron chi connectivity index (χ0n) is 5.81. The van der Waals surface area contributed by atoms with Crippen LogP contribution in [0.25, 0.3) is 0 Å². The van der Waals surface area contributed by atoms with Crippen molar-refractivity contribution in [3.63, 3.8) is 0 Å². The van der Waals surface area contributed by atoms with Crippen molar-refractivity contribution < 1.29 is 4.79 Å². The molecule has 0 aromatic rings. The van der Waals surface area contributed by atoms with Crippen LogP contribution in [0.4, 0.5) is 0 Å². The van der Waals surface area contributed by atoms with E-state index in [-0.39, 0.29) is 5.91 Å². The van der Waals surface area contributed by atoms with E-state index in [1.807, 2.05) is 6.92 Å². The lowest BCUT2D eigenvalue weighted by Crippen LogP contribution is -2.28. The summed E-state index contributed by atoms with van der Waals surface area (Å²) in [6.45, 7) is 3.09. The van der Waals surface area contributed by atoms with Gasteiger partial charge in [-0.3, -0.25) is 4.79 Å². The van der Waals surface area contributed by atoms with Crippen LogP contribution in [0.3, 0.4) is 0 Å². The number of amides is 1. The zero-order chi connectivity index (χ0) is 7.11. The Balaban J connectivity index is 3.06. The van der Waals surface area contributed by atoms with Crippen molar-refractivity contribution in [2.24, 2.45) is 5.73 Å². The molecule has 3 nitrogen and oxygen atoms in total. The summed E-state index contributed by atoms with van der Waals surface area (Å²) >= 11 is 0. The number of nitrogens with two attached hydrogens (primary N) is 1. The van der Waals surface area contributed by atoms with E-state index in [4.69, 9.17) is 5.73 Å². The number of carbonyl (C=O) groups is 1. The van der Waals surface area contributed by atoms with Gasteiger partial charge in [0.25, 0.3) is 0 Å². The average molecular weight is 130 g/mol. The first-order valence-corrected chi connectivity index (χ1v) is 3.28. The highest BCUT2D eigenvalue weighted by atomic mass is 16.1. The van der Waals surface area contributed by atoms with E-state index >= 15 is 0 Å². The molecule has 3 heteroatoms. The predicted molar refractivity (Wildman–Crippen MR) is 37.0 cm³/mol. The maximum Gasteiger partial charge on any atom is 0.220 e. The molecule has 0 atom stereocenters. The Kier molecular flexibility index (Phi) is 5.21. The van der Waals surface area contributed by atoms with E-state index in [1.165, 1.54) is 0 Å². The number of rotatable bonds is 4. The fourth-order valence-electron chi connectivity index (χ4n) is 0.527. The highest BCUT2D eigenvalue weighted by Gasteiger charge is 1.94. The molecule has 9 heavy (non-hydrogen) atoms. The molecule has 0 aliphatic heterocycles. The zero-order valence-corrected chi connectivity index (χ0v) is 5.81. The van der Waals surface area contributed by atoms with Crippen LogP contribution in [0.15, 0.2) is 0 Å². The maximum absolute atomic E-state index is 10.6. The van der Waals surface area contributed by atoms with Crippen LogP contribution in [0.1, 0.15) is 19.8 Å². The van der Waals surface area contributed by atoms with Crippen LogP contribution in [0, 0.1) is 0 Å². The number of carbonyl (C=O) groups excluding carboxylic acids is 1. The molecule has 1 amide bonds. The van der Waals surface area contributed by atoms with Crippen molar-refractivity contribution in [1.29, 1.82) is 0 Å². The normalized spacial score (nSPS) is 9.11. The fourth-order valence-corrected chi connectivity index (χ4v) is 0.527. The Hall–Kier alpha value is -0.570. The minimum Gasteiger partial charge on any atom is -0.355 e. The molecule has 0 unspecified atom stereocenters. The lowest BCUT2D eigenvalue weighted by atomic mass is 10.3. The van der Waals surface area contributed by atoms with Crippen LogP contribution in [0.5, 0.6) is 0 Å². The summed E-state index contributed by atoms with van der Waals surface area (Å²) in [5.41, 5.74) is 5.16. The summed E-state index contributed by atoms with van der Waals surface area (Å²) in [5.74, 6) is 0.1000. The van der Waals surface area contributed by atoms with Gasteiger partial charge in [0.1, 0.15) is 0 Å². The van der Waals surface area contributed by atoms with Crippen molar-refractivity contribution in [3.05, 3.63) is 0 Å². The molecule has 0 aliphatic rings. The average Bonchev–Trinajstić information content (AvgIpc) is 1.85. The third kappa shape index (κ3) is 5.30. The van der Waals surface area contributed by atoms with E-state index in [9.17, 15) is 4.79 Å². The highest BCUT2D eigenvalue weighted by Crippen LogP contribution is 1.83. The molecule has 0 aliphatic carbocycles. The molecule has 3 N–H and O–H groups in total. The molecule has 0 aromatic heterocycles. The molecule has 0 spiro atoms. The third-order valence-corrected chi connectivity index (χ3v) is 0.944. The molecule has 0 aromatic carbocycles. The standard InChI is InChI=1S/C6H14N2O/c1-2-3-6(9)8-5-4-7/h2-5,7H2,1H3,(H,8,9). The smallest absolute Gasteiger partial charge is 0.220 e. The van der Waals surface area contributed by atoms with Gasteiger partial charge in [-0.05, 0) is 6.42 Å². The van der Waals surface area contributed by atoms with Gasteiger partial charge in [-0.25, -0.2) is 0 Å². The van der Waals surface area contributed by atoms with E-state index in [1.54, 1.807) is 0 Å². The van der Waals surface area contributed by atoms with E-state index < -0.39 is 0 Å². The predicted octanol–water partition coefficient (Wildman–Crippen LogP) is -0.139. The second-order valence-electron chi connectivity index (χ2n) is 1.89. The SMILES string of the molecule is CCCC(=O)NCCN. The number of nitrogens with one attached hydrogen (secondary N) is 1. The lowest BCUT2D eigenvalue weighted by molar-refractivity contribution is -0.121. The lowest BCUT2D eigenvalue weighted by Gasteiger charge is -1.99. The van der Waals surface area contributed by atoms with Gasteiger partial charge in [-0.15, -0.1) is 0 Å². The highest BCUT2D eigenvalue weighted by molar-refractivity contribution is 5.75. The molecule has 0 heterocycles. The Labute approximate surface area is 55.6 Å². The van der Waals surface area contributed by atoms with E-state index in [0.717, 1.165) is 6.42 Å². The van der Waals surface area contributed by atoms with Gasteiger partial charge in [0.15, 0.2) is 0 Å². The number of hydrogen-bond acceptors (Lipinski definition) is 2. The van der Waals surface area contributed by atoms with Gasteiger partial charge in [0, 0.05) is 19.5 Å². The van der Waals surface area contributed by atoms with Crippen molar-refractivity contribution in [2.45, 2.75) is 19.8 Å². The summed E-state index contributed by atoms with van der Waals surface area (Å²) in [6.07, 6.45) is 1.51. The second kappa shape index (κ2) is 5.56. The molecule has 0 radical (unpaired) electrons. The maximum atomic E-state index is 10.6. The molecular weight excluding hydrogens is 116 g/mol. The molecule has 54 valence electrons. The van der Waals surface area contributed by atoms with Crippen LogP contribution in [0.2, 0.25) is 0 Å². The Morgan fingerprint density at radius 1 is 1.67 bits per heavy atom. The first-order valence-electron chi connectivity index (χ1n) is 3.28. The minimum absolute atomic E-state index is 0.1000.